The van der Waals surface area contributed by atoms with Crippen LogP contribution in [-0.4, -0.2) is 35.5 Å². The van der Waals surface area contributed by atoms with E-state index in [1.807, 2.05) is 19.9 Å². The predicted molar refractivity (Wildman–Crippen MR) is 99.6 cm³/mol. The Balaban J connectivity index is 1.45. The first-order valence-electron chi connectivity index (χ1n) is 9.08. The number of hydrogen-bond donors (Lipinski definition) is 1. The van der Waals surface area contributed by atoms with Crippen LogP contribution in [0.25, 0.3) is 0 Å². The second-order valence-corrected chi connectivity index (χ2v) is 6.95. The van der Waals surface area contributed by atoms with Gasteiger partial charge in [-0.25, -0.2) is 14.4 Å². The molecule has 1 aromatic carbocycles. The quantitative estimate of drug-likeness (QED) is 0.895. The zero-order valence-corrected chi connectivity index (χ0v) is 15.3. The molecule has 26 heavy (non-hydrogen) atoms. The van der Waals surface area contributed by atoms with Gasteiger partial charge in [0.25, 0.3) is 0 Å². The summed E-state index contributed by atoms with van der Waals surface area (Å²) in [5.74, 6) is 0.769. The minimum absolute atomic E-state index is 0.0852. The molecule has 1 aromatic heterocycles. The Hall–Kier alpha value is -2.50. The molecule has 1 aliphatic rings. The van der Waals surface area contributed by atoms with Crippen LogP contribution < -0.4 is 10.2 Å². The molecule has 0 unspecified atom stereocenters. The molecule has 1 amide bonds. The molecule has 1 saturated heterocycles. The van der Waals surface area contributed by atoms with Gasteiger partial charge in [-0.05, 0) is 50.3 Å². The fourth-order valence-corrected chi connectivity index (χ4v) is 3.32. The lowest BCUT2D eigenvalue weighted by Gasteiger charge is -2.32. The molecular weight excluding hydrogens is 331 g/mol. The molecule has 3 rings (SSSR count). The summed E-state index contributed by atoms with van der Waals surface area (Å²) in [6, 6.07) is 8.38. The van der Waals surface area contributed by atoms with Crippen molar-refractivity contribution in [1.29, 1.82) is 0 Å². The average molecular weight is 356 g/mol. The van der Waals surface area contributed by atoms with Gasteiger partial charge in [0.05, 0.1) is 6.42 Å². The number of aryl methyl sites for hydroxylation is 2. The number of halogens is 1. The van der Waals surface area contributed by atoms with E-state index in [0.29, 0.717) is 18.0 Å². The molecule has 5 nitrogen and oxygen atoms in total. The monoisotopic (exact) mass is 356 g/mol. The Morgan fingerprint density at radius 1 is 1.19 bits per heavy atom. The Kier molecular flexibility index (Phi) is 5.81. The van der Waals surface area contributed by atoms with Crippen molar-refractivity contribution < 1.29 is 9.18 Å². The molecule has 0 radical (unpaired) electrons. The van der Waals surface area contributed by atoms with E-state index in [2.05, 4.69) is 20.2 Å². The fourth-order valence-electron chi connectivity index (χ4n) is 3.32. The number of amides is 1. The van der Waals surface area contributed by atoms with Gasteiger partial charge in [-0.3, -0.25) is 4.79 Å². The minimum atomic E-state index is -0.329. The molecule has 0 aliphatic carbocycles. The van der Waals surface area contributed by atoms with Crippen LogP contribution >= 0.6 is 0 Å². The summed E-state index contributed by atoms with van der Waals surface area (Å²) in [6.45, 7) is 6.37. The number of anilines is 1. The van der Waals surface area contributed by atoms with E-state index in [4.69, 9.17) is 0 Å². The second kappa shape index (κ2) is 8.25. The molecule has 2 heterocycles. The molecule has 138 valence electrons. The van der Waals surface area contributed by atoms with Crippen molar-refractivity contribution in [3.05, 3.63) is 53.1 Å². The standard InChI is InChI=1S/C20H25FN4O/c1-14-11-15(2)24-20(23-14)25-9-7-16(8-10-25)13-22-19(26)12-17-5-3-4-6-18(17)21/h3-6,11,16H,7-10,12-13H2,1-2H3,(H,22,26). The molecule has 6 heteroatoms. The Morgan fingerprint density at radius 3 is 2.50 bits per heavy atom. The zero-order valence-electron chi connectivity index (χ0n) is 15.3. The smallest absolute Gasteiger partial charge is 0.225 e. The Morgan fingerprint density at radius 2 is 1.85 bits per heavy atom. The van der Waals surface area contributed by atoms with Crippen molar-refractivity contribution in [3.8, 4) is 0 Å². The molecular formula is C20H25FN4O. The van der Waals surface area contributed by atoms with Gasteiger partial charge in [-0.15, -0.1) is 0 Å². The van der Waals surface area contributed by atoms with Gasteiger partial charge in [0.2, 0.25) is 11.9 Å². The lowest BCUT2D eigenvalue weighted by atomic mass is 9.97. The van der Waals surface area contributed by atoms with E-state index in [9.17, 15) is 9.18 Å². The minimum Gasteiger partial charge on any atom is -0.356 e. The first-order valence-corrected chi connectivity index (χ1v) is 9.08. The fraction of sp³-hybridized carbons (Fsp3) is 0.450. The molecule has 1 aliphatic heterocycles. The Labute approximate surface area is 153 Å². The number of piperidine rings is 1. The molecule has 1 fully saturated rings. The number of nitrogens with zero attached hydrogens (tertiary/aromatic N) is 3. The lowest BCUT2D eigenvalue weighted by Crippen LogP contribution is -2.39. The van der Waals surface area contributed by atoms with Crippen LogP contribution in [0.5, 0.6) is 0 Å². The molecule has 0 bridgehead atoms. The van der Waals surface area contributed by atoms with Gasteiger partial charge in [-0.1, -0.05) is 18.2 Å². The van der Waals surface area contributed by atoms with Crippen LogP contribution in [0, 0.1) is 25.6 Å². The number of nitrogens with one attached hydrogen (secondary N) is 1. The lowest BCUT2D eigenvalue weighted by molar-refractivity contribution is -0.120. The second-order valence-electron chi connectivity index (χ2n) is 6.95. The van der Waals surface area contributed by atoms with E-state index in [1.165, 1.54) is 6.07 Å². The van der Waals surface area contributed by atoms with Gasteiger partial charge in [0.1, 0.15) is 5.82 Å². The van der Waals surface area contributed by atoms with Gasteiger partial charge in [0, 0.05) is 31.0 Å². The number of aromatic nitrogens is 2. The number of benzene rings is 1. The third-order valence-electron chi connectivity index (χ3n) is 4.76. The van der Waals surface area contributed by atoms with Crippen LogP contribution in [0.1, 0.15) is 29.8 Å². The summed E-state index contributed by atoms with van der Waals surface area (Å²) < 4.78 is 13.6. The summed E-state index contributed by atoms with van der Waals surface area (Å²) in [5.41, 5.74) is 2.40. The number of rotatable bonds is 5. The first kappa shape index (κ1) is 18.3. The van der Waals surface area contributed by atoms with E-state index >= 15 is 0 Å². The van der Waals surface area contributed by atoms with Crippen molar-refractivity contribution in [3.63, 3.8) is 0 Å². The molecule has 1 N–H and O–H groups in total. The highest BCUT2D eigenvalue weighted by Crippen LogP contribution is 2.20. The summed E-state index contributed by atoms with van der Waals surface area (Å²) in [5, 5.41) is 2.95. The van der Waals surface area contributed by atoms with Crippen LogP contribution in [0.3, 0.4) is 0 Å². The highest BCUT2D eigenvalue weighted by molar-refractivity contribution is 5.78. The topological polar surface area (TPSA) is 58.1 Å². The SMILES string of the molecule is Cc1cc(C)nc(N2CCC(CNC(=O)Cc3ccccc3F)CC2)n1. The summed E-state index contributed by atoms with van der Waals surface area (Å²) in [7, 11) is 0. The van der Waals surface area contributed by atoms with E-state index in [-0.39, 0.29) is 18.1 Å². The first-order chi connectivity index (χ1) is 12.5. The van der Waals surface area contributed by atoms with Gasteiger partial charge >= 0.3 is 0 Å². The maximum atomic E-state index is 13.6. The zero-order chi connectivity index (χ0) is 18.5. The average Bonchev–Trinajstić information content (AvgIpc) is 2.61. The summed E-state index contributed by atoms with van der Waals surface area (Å²) >= 11 is 0. The highest BCUT2D eigenvalue weighted by atomic mass is 19.1. The number of carbonyl (C=O) groups is 1. The van der Waals surface area contributed by atoms with Crippen LogP contribution in [0.15, 0.2) is 30.3 Å². The van der Waals surface area contributed by atoms with Crippen molar-refractivity contribution in [2.45, 2.75) is 33.1 Å². The van der Waals surface area contributed by atoms with Crippen molar-refractivity contribution in [1.82, 2.24) is 15.3 Å². The normalized spacial score (nSPS) is 15.1. The summed E-state index contributed by atoms with van der Waals surface area (Å²) in [6.07, 6.45) is 2.05. The molecule has 0 atom stereocenters. The van der Waals surface area contributed by atoms with E-state index < -0.39 is 0 Å². The molecule has 2 aromatic rings. The van der Waals surface area contributed by atoms with Crippen molar-refractivity contribution in [2.24, 2.45) is 5.92 Å². The highest BCUT2D eigenvalue weighted by Gasteiger charge is 2.22. The van der Waals surface area contributed by atoms with E-state index in [1.54, 1.807) is 18.2 Å². The van der Waals surface area contributed by atoms with Gasteiger partial charge < -0.3 is 10.2 Å². The largest absolute Gasteiger partial charge is 0.356 e. The number of carbonyl (C=O) groups excluding carboxylic acids is 1. The van der Waals surface area contributed by atoms with Crippen LogP contribution in [0.2, 0.25) is 0 Å². The summed E-state index contributed by atoms with van der Waals surface area (Å²) in [4.78, 5) is 23.3. The van der Waals surface area contributed by atoms with Crippen molar-refractivity contribution in [2.75, 3.05) is 24.5 Å². The molecule has 0 spiro atoms. The van der Waals surface area contributed by atoms with Crippen molar-refractivity contribution >= 4 is 11.9 Å². The van der Waals surface area contributed by atoms with E-state index in [0.717, 1.165) is 43.3 Å². The number of hydrogen-bond acceptors (Lipinski definition) is 4. The van der Waals surface area contributed by atoms with Gasteiger partial charge in [0.15, 0.2) is 0 Å². The van der Waals surface area contributed by atoms with Crippen LogP contribution in [0.4, 0.5) is 10.3 Å². The van der Waals surface area contributed by atoms with Crippen LogP contribution in [-0.2, 0) is 11.2 Å². The molecule has 0 saturated carbocycles. The Bertz CT molecular complexity index is 752. The maximum Gasteiger partial charge on any atom is 0.225 e. The van der Waals surface area contributed by atoms with Gasteiger partial charge in [-0.2, -0.15) is 0 Å². The third kappa shape index (κ3) is 4.77. The maximum absolute atomic E-state index is 13.6. The third-order valence-corrected chi connectivity index (χ3v) is 4.76. The predicted octanol–water partition coefficient (Wildman–Crippen LogP) is 2.81.